The van der Waals surface area contributed by atoms with E-state index in [0.29, 0.717) is 26.3 Å². The van der Waals surface area contributed by atoms with Crippen molar-refractivity contribution < 1.29 is 13.9 Å². The highest BCUT2D eigenvalue weighted by molar-refractivity contribution is 7.99. The lowest BCUT2D eigenvalue weighted by atomic mass is 9.74. The molecule has 1 aromatic carbocycles. The van der Waals surface area contributed by atoms with Crippen LogP contribution < -0.4 is 10.2 Å². The molecule has 2 aliphatic heterocycles. The van der Waals surface area contributed by atoms with E-state index in [1.807, 2.05) is 18.2 Å². The van der Waals surface area contributed by atoms with Crippen LogP contribution >= 0.6 is 11.8 Å². The molecule has 0 bridgehead atoms. The minimum atomic E-state index is -0.0813. The van der Waals surface area contributed by atoms with Crippen molar-refractivity contribution in [2.75, 3.05) is 43.5 Å². The average Bonchev–Trinajstić information content (AvgIpc) is 3.66. The molecule has 2 fully saturated rings. The van der Waals surface area contributed by atoms with Gasteiger partial charge < -0.3 is 19.4 Å². The Bertz CT molecular complexity index is 1060. The van der Waals surface area contributed by atoms with Crippen LogP contribution in [0.1, 0.15) is 37.0 Å². The molecular weight excluding hydrogens is 450 g/mol. The molecule has 0 saturated carbocycles. The topological polar surface area (TPSA) is 85.4 Å². The average molecular weight is 482 g/mol. The van der Waals surface area contributed by atoms with Crippen LogP contribution in [0.25, 0.3) is 0 Å². The molecule has 8 nitrogen and oxygen atoms in total. The number of thioether (sulfide) groups is 1. The van der Waals surface area contributed by atoms with E-state index in [-0.39, 0.29) is 17.1 Å². The maximum Gasteiger partial charge on any atom is 0.230 e. The van der Waals surface area contributed by atoms with Crippen LogP contribution in [-0.2, 0) is 21.5 Å². The lowest BCUT2D eigenvalue weighted by Gasteiger charge is -2.38. The Morgan fingerprint density at radius 1 is 1.06 bits per heavy atom. The van der Waals surface area contributed by atoms with Gasteiger partial charge in [0.1, 0.15) is 5.76 Å². The van der Waals surface area contributed by atoms with Crippen LogP contribution in [0, 0.1) is 0 Å². The van der Waals surface area contributed by atoms with Crippen LogP contribution in [0.3, 0.4) is 0 Å². The second-order valence-electron chi connectivity index (χ2n) is 8.97. The van der Waals surface area contributed by atoms with Gasteiger partial charge in [0.15, 0.2) is 5.16 Å². The van der Waals surface area contributed by atoms with Crippen molar-refractivity contribution in [3.63, 3.8) is 0 Å². The van der Waals surface area contributed by atoms with Crippen molar-refractivity contribution in [1.29, 1.82) is 0 Å². The van der Waals surface area contributed by atoms with Crippen molar-refractivity contribution in [1.82, 2.24) is 20.1 Å². The smallest absolute Gasteiger partial charge is 0.230 e. The predicted octanol–water partition coefficient (Wildman–Crippen LogP) is 3.48. The molecule has 0 radical (unpaired) electrons. The van der Waals surface area contributed by atoms with E-state index in [4.69, 9.17) is 9.15 Å². The van der Waals surface area contributed by atoms with E-state index in [0.717, 1.165) is 55.6 Å². The Balaban J connectivity index is 1.24. The van der Waals surface area contributed by atoms with Gasteiger partial charge in [0.25, 0.3) is 0 Å². The van der Waals surface area contributed by atoms with Crippen LogP contribution in [0.15, 0.2) is 58.3 Å². The monoisotopic (exact) mass is 481 g/mol. The van der Waals surface area contributed by atoms with Crippen molar-refractivity contribution in [2.24, 2.45) is 0 Å². The highest BCUT2D eigenvalue weighted by Gasteiger charge is 2.34. The second-order valence-corrected chi connectivity index (χ2v) is 9.91. The first-order valence-electron chi connectivity index (χ1n) is 12.0. The molecule has 1 N–H and O–H groups in total. The van der Waals surface area contributed by atoms with E-state index in [1.165, 1.54) is 17.3 Å². The van der Waals surface area contributed by atoms with E-state index in [9.17, 15) is 4.79 Å². The van der Waals surface area contributed by atoms with Gasteiger partial charge >= 0.3 is 0 Å². The van der Waals surface area contributed by atoms with Gasteiger partial charge in [-0.2, -0.15) is 0 Å². The second kappa shape index (κ2) is 10.7. The van der Waals surface area contributed by atoms with E-state index >= 15 is 0 Å². The number of aromatic nitrogens is 3. The summed E-state index contributed by atoms with van der Waals surface area (Å²) >= 11 is 1.42. The number of amides is 1. The maximum atomic E-state index is 12.9. The minimum absolute atomic E-state index is 0.00192. The van der Waals surface area contributed by atoms with Gasteiger partial charge in [0, 0.05) is 38.3 Å². The SMILES string of the molecule is O=C(CSc1nnc(N2CCCC2)n1Cc1ccco1)NCC1(c2ccccc2)CCOCC1. The van der Waals surface area contributed by atoms with Gasteiger partial charge in [-0.3, -0.25) is 9.36 Å². The van der Waals surface area contributed by atoms with Crippen molar-refractivity contribution in [3.05, 3.63) is 60.1 Å². The molecular formula is C25H31N5O3S. The molecule has 0 atom stereocenters. The Kier molecular flexibility index (Phi) is 7.20. The lowest BCUT2D eigenvalue weighted by Crippen LogP contribution is -2.45. The summed E-state index contributed by atoms with van der Waals surface area (Å²) in [6.07, 6.45) is 5.80. The zero-order valence-electron chi connectivity index (χ0n) is 19.3. The number of carbonyl (C=O) groups is 1. The number of nitrogens with one attached hydrogen (secondary N) is 1. The van der Waals surface area contributed by atoms with Gasteiger partial charge in [0.2, 0.25) is 11.9 Å². The zero-order valence-corrected chi connectivity index (χ0v) is 20.1. The third kappa shape index (κ3) is 5.15. The van der Waals surface area contributed by atoms with Crippen LogP contribution in [0.4, 0.5) is 5.95 Å². The number of hydrogen-bond acceptors (Lipinski definition) is 7. The number of hydrogen-bond donors (Lipinski definition) is 1. The van der Waals surface area contributed by atoms with Crippen molar-refractivity contribution in [2.45, 2.75) is 42.8 Å². The van der Waals surface area contributed by atoms with E-state index in [1.54, 1.807) is 6.26 Å². The summed E-state index contributed by atoms with van der Waals surface area (Å²) in [4.78, 5) is 15.1. The Morgan fingerprint density at radius 3 is 2.59 bits per heavy atom. The third-order valence-electron chi connectivity index (χ3n) is 6.77. The molecule has 2 aliphatic rings. The normalized spacial score (nSPS) is 17.7. The van der Waals surface area contributed by atoms with Gasteiger partial charge in [-0.1, -0.05) is 42.1 Å². The predicted molar refractivity (Wildman–Crippen MR) is 131 cm³/mol. The summed E-state index contributed by atoms with van der Waals surface area (Å²) in [5, 5.41) is 12.8. The number of nitrogens with zero attached hydrogens (tertiary/aromatic N) is 4. The first kappa shape index (κ1) is 23.0. The van der Waals surface area contributed by atoms with Crippen LogP contribution in [0.2, 0.25) is 0 Å². The first-order chi connectivity index (χ1) is 16.7. The molecule has 4 heterocycles. The lowest BCUT2D eigenvalue weighted by molar-refractivity contribution is -0.119. The molecule has 180 valence electrons. The fourth-order valence-corrected chi connectivity index (χ4v) is 5.57. The molecule has 0 unspecified atom stereocenters. The number of benzene rings is 1. The summed E-state index contributed by atoms with van der Waals surface area (Å²) in [5.41, 5.74) is 1.18. The fraction of sp³-hybridized carbons (Fsp3) is 0.480. The highest BCUT2D eigenvalue weighted by atomic mass is 32.2. The molecule has 0 spiro atoms. The molecule has 9 heteroatoms. The highest BCUT2D eigenvalue weighted by Crippen LogP contribution is 2.34. The largest absolute Gasteiger partial charge is 0.467 e. The van der Waals surface area contributed by atoms with E-state index < -0.39 is 0 Å². The Morgan fingerprint density at radius 2 is 1.85 bits per heavy atom. The summed E-state index contributed by atoms with van der Waals surface area (Å²) < 4.78 is 13.2. The van der Waals surface area contributed by atoms with Gasteiger partial charge in [0.05, 0.1) is 18.6 Å². The number of rotatable bonds is 9. The minimum Gasteiger partial charge on any atom is -0.467 e. The van der Waals surface area contributed by atoms with E-state index in [2.05, 4.69) is 49.2 Å². The number of anilines is 1. The molecule has 2 aromatic heterocycles. The molecule has 3 aromatic rings. The van der Waals surface area contributed by atoms with Gasteiger partial charge in [-0.25, -0.2) is 0 Å². The third-order valence-corrected chi connectivity index (χ3v) is 7.74. The van der Waals surface area contributed by atoms with Crippen LogP contribution in [0.5, 0.6) is 0 Å². The molecule has 34 heavy (non-hydrogen) atoms. The standard InChI is InChI=1S/C25H31N5O3S/c31-22(26-19-25(10-15-32-16-11-25)20-7-2-1-3-8-20)18-34-24-28-27-23(29-12-4-5-13-29)30(24)17-21-9-6-14-33-21/h1-3,6-9,14H,4-5,10-13,15-19H2,(H,26,31). The zero-order chi connectivity index (χ0) is 23.2. The first-order valence-corrected chi connectivity index (χ1v) is 13.0. The van der Waals surface area contributed by atoms with Crippen LogP contribution in [-0.4, -0.2) is 59.3 Å². The quantitative estimate of drug-likeness (QED) is 0.469. The van der Waals surface area contributed by atoms with Crippen molar-refractivity contribution >= 4 is 23.6 Å². The summed E-state index contributed by atoms with van der Waals surface area (Å²) in [7, 11) is 0. The molecule has 1 amide bonds. The Labute approximate surface area is 204 Å². The summed E-state index contributed by atoms with van der Waals surface area (Å²) in [6, 6.07) is 14.3. The number of ether oxygens (including phenoxy) is 1. The molecule has 5 rings (SSSR count). The van der Waals surface area contributed by atoms with Crippen molar-refractivity contribution in [3.8, 4) is 0 Å². The molecule has 2 saturated heterocycles. The number of furan rings is 1. The summed E-state index contributed by atoms with van der Waals surface area (Å²) in [5.74, 6) is 1.98. The fourth-order valence-electron chi connectivity index (χ4n) is 4.81. The van der Waals surface area contributed by atoms with Gasteiger partial charge in [-0.05, 0) is 43.4 Å². The number of carbonyl (C=O) groups excluding carboxylic acids is 1. The Hall–Kier alpha value is -2.78. The van der Waals surface area contributed by atoms with Gasteiger partial charge in [-0.15, -0.1) is 10.2 Å². The maximum absolute atomic E-state index is 12.9. The molecule has 0 aliphatic carbocycles. The summed E-state index contributed by atoms with van der Waals surface area (Å²) in [6.45, 7) is 4.55.